The highest BCUT2D eigenvalue weighted by Gasteiger charge is 2.45. The summed E-state index contributed by atoms with van der Waals surface area (Å²) in [6, 6.07) is 15.0. The number of benzene rings is 2. The first-order chi connectivity index (χ1) is 13.2. The Balaban J connectivity index is 1.93. The summed E-state index contributed by atoms with van der Waals surface area (Å²) in [7, 11) is 0. The smallest absolute Gasteiger partial charge is 0.325 e. The molecule has 0 aliphatic heterocycles. The Morgan fingerprint density at radius 1 is 1.00 bits per heavy atom. The van der Waals surface area contributed by atoms with E-state index in [9.17, 15) is 19.8 Å². The maximum Gasteiger partial charge on any atom is 0.325 e. The van der Waals surface area contributed by atoms with Crippen molar-refractivity contribution in [2.24, 2.45) is 0 Å². The van der Waals surface area contributed by atoms with Gasteiger partial charge in [0.25, 0.3) is 0 Å². The Morgan fingerprint density at radius 3 is 2.11 bits per heavy atom. The molecule has 28 heavy (non-hydrogen) atoms. The molecule has 0 atom stereocenters. The summed E-state index contributed by atoms with van der Waals surface area (Å²) in [6.45, 7) is 4.63. The molecule has 2 aromatic carbocycles. The molecule has 0 saturated heterocycles. The van der Waals surface area contributed by atoms with Gasteiger partial charge in [-0.05, 0) is 61.7 Å². The molecule has 7 nitrogen and oxygen atoms in total. The number of hydrogen-bond acceptors (Lipinski definition) is 4. The third kappa shape index (κ3) is 3.34. The molecule has 0 fully saturated rings. The summed E-state index contributed by atoms with van der Waals surface area (Å²) in [6.07, 6.45) is 1.83. The summed E-state index contributed by atoms with van der Waals surface area (Å²) in [5.74, 6) is -2.17. The van der Waals surface area contributed by atoms with Crippen LogP contribution in [0.5, 0.6) is 0 Å². The Morgan fingerprint density at radius 2 is 1.57 bits per heavy atom. The van der Waals surface area contributed by atoms with Gasteiger partial charge in [0, 0.05) is 18.0 Å². The van der Waals surface area contributed by atoms with E-state index in [1.807, 2.05) is 42.6 Å². The van der Waals surface area contributed by atoms with Crippen LogP contribution in [0.2, 0.25) is 0 Å². The van der Waals surface area contributed by atoms with Gasteiger partial charge in [-0.25, -0.2) is 4.68 Å². The van der Waals surface area contributed by atoms with E-state index in [1.165, 1.54) is 6.92 Å². The van der Waals surface area contributed by atoms with Crippen LogP contribution < -0.4 is 5.32 Å². The normalized spacial score (nSPS) is 11.2. The minimum atomic E-state index is -2.01. The van der Waals surface area contributed by atoms with Gasteiger partial charge in [0.15, 0.2) is 11.2 Å². The molecule has 0 radical (unpaired) electrons. The number of aromatic nitrogens is 2. The molecule has 3 rings (SSSR count). The molecule has 0 aliphatic carbocycles. The van der Waals surface area contributed by atoms with Crippen molar-refractivity contribution in [1.29, 1.82) is 0 Å². The topological polar surface area (TPSA) is 104 Å². The summed E-state index contributed by atoms with van der Waals surface area (Å²) in [5, 5.41) is 26.7. The van der Waals surface area contributed by atoms with E-state index >= 15 is 0 Å². The highest BCUT2D eigenvalue weighted by Crippen LogP contribution is 2.33. The van der Waals surface area contributed by atoms with Crippen LogP contribution in [0, 0.1) is 13.8 Å². The summed E-state index contributed by atoms with van der Waals surface area (Å²) in [4.78, 5) is 23.3. The van der Waals surface area contributed by atoms with Crippen molar-refractivity contribution < 1.29 is 19.8 Å². The molecule has 3 aromatic rings. The highest BCUT2D eigenvalue weighted by atomic mass is 16.4. The van der Waals surface area contributed by atoms with Crippen LogP contribution in [-0.2, 0) is 15.0 Å². The molecule has 1 aromatic heterocycles. The van der Waals surface area contributed by atoms with Gasteiger partial charge >= 0.3 is 11.9 Å². The van der Waals surface area contributed by atoms with Crippen LogP contribution in [0.25, 0.3) is 5.69 Å². The third-order valence-electron chi connectivity index (χ3n) is 4.77. The Kier molecular flexibility index (Phi) is 4.92. The lowest BCUT2D eigenvalue weighted by atomic mass is 9.77. The number of carbonyl (C=O) groups is 2. The molecular formula is C21H21N3O4. The van der Waals surface area contributed by atoms with Crippen LogP contribution in [0.15, 0.2) is 54.7 Å². The Hall–Kier alpha value is -3.61. The van der Waals surface area contributed by atoms with E-state index in [4.69, 9.17) is 0 Å². The zero-order valence-electron chi connectivity index (χ0n) is 15.8. The number of hydrogen-bond donors (Lipinski definition) is 3. The molecule has 0 spiro atoms. The zero-order chi connectivity index (χ0) is 20.5. The Labute approximate surface area is 162 Å². The van der Waals surface area contributed by atoms with Crippen molar-refractivity contribution in [3.63, 3.8) is 0 Å². The number of para-hydroxylation sites is 1. The molecular weight excluding hydrogens is 358 g/mol. The van der Waals surface area contributed by atoms with E-state index in [1.54, 1.807) is 30.7 Å². The average molecular weight is 379 g/mol. The summed E-state index contributed by atoms with van der Waals surface area (Å²) < 4.78 is 1.74. The number of carboxylic acid groups (broad SMARTS) is 2. The van der Waals surface area contributed by atoms with E-state index in [2.05, 4.69) is 10.4 Å². The fraction of sp³-hybridized carbons (Fsp3) is 0.190. The second-order valence-electron chi connectivity index (χ2n) is 6.83. The molecule has 0 bridgehead atoms. The first kappa shape index (κ1) is 19.2. The van der Waals surface area contributed by atoms with E-state index in [0.717, 1.165) is 5.69 Å². The van der Waals surface area contributed by atoms with Crippen LogP contribution >= 0.6 is 0 Å². The SMILES string of the molecule is Cc1cc(Nc2ccn(-c3ccccc3)n2)cc(C)c1C(C)(C(=O)O)C(=O)O. The van der Waals surface area contributed by atoms with Crippen LogP contribution in [0.3, 0.4) is 0 Å². The molecule has 0 unspecified atom stereocenters. The number of carboxylic acids is 2. The lowest BCUT2D eigenvalue weighted by Gasteiger charge is -2.25. The fourth-order valence-corrected chi connectivity index (χ4v) is 3.39. The van der Waals surface area contributed by atoms with Gasteiger partial charge in [0.2, 0.25) is 0 Å². The highest BCUT2D eigenvalue weighted by molar-refractivity contribution is 6.05. The number of aliphatic carboxylic acids is 2. The van der Waals surface area contributed by atoms with Crippen LogP contribution in [-0.4, -0.2) is 31.9 Å². The predicted octanol–water partition coefficient (Wildman–Crippen LogP) is 3.66. The van der Waals surface area contributed by atoms with Gasteiger partial charge in [0.1, 0.15) is 0 Å². The number of nitrogens with zero attached hydrogens (tertiary/aromatic N) is 2. The first-order valence-electron chi connectivity index (χ1n) is 8.70. The molecule has 144 valence electrons. The van der Waals surface area contributed by atoms with Gasteiger partial charge < -0.3 is 15.5 Å². The minimum absolute atomic E-state index is 0.285. The van der Waals surface area contributed by atoms with Crippen molar-refractivity contribution in [2.75, 3.05) is 5.32 Å². The summed E-state index contributed by atoms with van der Waals surface area (Å²) >= 11 is 0. The standard InChI is InChI=1S/C21H21N3O4/c1-13-11-15(12-14(2)18(13)21(3,19(25)26)20(27)28)22-17-9-10-24(23-17)16-7-5-4-6-8-16/h4-12H,1-3H3,(H,22,23)(H,25,26)(H,27,28). The largest absolute Gasteiger partial charge is 0.480 e. The third-order valence-corrected chi connectivity index (χ3v) is 4.77. The molecule has 0 saturated carbocycles. The van der Waals surface area contributed by atoms with E-state index in [0.29, 0.717) is 22.6 Å². The van der Waals surface area contributed by atoms with Crippen molar-refractivity contribution in [3.05, 3.63) is 71.4 Å². The fourth-order valence-electron chi connectivity index (χ4n) is 3.39. The first-order valence-corrected chi connectivity index (χ1v) is 8.70. The number of rotatable bonds is 6. The second-order valence-corrected chi connectivity index (χ2v) is 6.83. The molecule has 0 amide bonds. The second kappa shape index (κ2) is 7.19. The molecule has 7 heteroatoms. The quantitative estimate of drug-likeness (QED) is 0.565. The van der Waals surface area contributed by atoms with Crippen molar-refractivity contribution in [2.45, 2.75) is 26.2 Å². The lowest BCUT2D eigenvalue weighted by Crippen LogP contribution is -2.42. The van der Waals surface area contributed by atoms with Gasteiger partial charge in [-0.2, -0.15) is 5.10 Å². The maximum absolute atomic E-state index is 11.7. The van der Waals surface area contributed by atoms with Crippen molar-refractivity contribution in [3.8, 4) is 5.69 Å². The zero-order valence-corrected chi connectivity index (χ0v) is 15.8. The van der Waals surface area contributed by atoms with Gasteiger partial charge in [-0.15, -0.1) is 0 Å². The van der Waals surface area contributed by atoms with Crippen LogP contribution in [0.1, 0.15) is 23.6 Å². The van der Waals surface area contributed by atoms with Gasteiger partial charge in [-0.3, -0.25) is 9.59 Å². The minimum Gasteiger partial charge on any atom is -0.480 e. The number of nitrogens with one attached hydrogen (secondary N) is 1. The molecule has 1 heterocycles. The lowest BCUT2D eigenvalue weighted by molar-refractivity contribution is -0.156. The average Bonchev–Trinajstić information content (AvgIpc) is 3.09. The van der Waals surface area contributed by atoms with E-state index in [-0.39, 0.29) is 5.56 Å². The van der Waals surface area contributed by atoms with Gasteiger partial charge in [-0.1, -0.05) is 18.2 Å². The summed E-state index contributed by atoms with van der Waals surface area (Å²) in [5.41, 5.74) is 1.07. The van der Waals surface area contributed by atoms with Crippen molar-refractivity contribution >= 4 is 23.4 Å². The number of anilines is 2. The monoisotopic (exact) mass is 379 g/mol. The maximum atomic E-state index is 11.7. The van der Waals surface area contributed by atoms with Crippen molar-refractivity contribution in [1.82, 2.24) is 9.78 Å². The van der Waals surface area contributed by atoms with Crippen LogP contribution in [0.4, 0.5) is 11.5 Å². The van der Waals surface area contributed by atoms with Gasteiger partial charge in [0.05, 0.1) is 5.69 Å². The van der Waals surface area contributed by atoms with E-state index < -0.39 is 17.4 Å². The Bertz CT molecular complexity index is 1000. The molecule has 0 aliphatic rings. The molecule has 3 N–H and O–H groups in total. The predicted molar refractivity (Wildman–Crippen MR) is 105 cm³/mol. The number of aryl methyl sites for hydroxylation is 2.